The van der Waals surface area contributed by atoms with Gasteiger partial charge in [0, 0.05) is 19.6 Å². The molecule has 2 rings (SSSR count). The van der Waals surface area contributed by atoms with Crippen molar-refractivity contribution in [2.75, 3.05) is 5.32 Å². The van der Waals surface area contributed by atoms with Crippen molar-refractivity contribution >= 4 is 17.1 Å². The van der Waals surface area contributed by atoms with Crippen LogP contribution in [0.1, 0.15) is 46.5 Å². The van der Waals surface area contributed by atoms with Gasteiger partial charge in [-0.3, -0.25) is 14.3 Å². The Bertz CT molecular complexity index is 756. The fourth-order valence-electron chi connectivity index (χ4n) is 2.40. The van der Waals surface area contributed by atoms with Crippen LogP contribution in [-0.4, -0.2) is 25.1 Å². The predicted octanol–water partition coefficient (Wildman–Crippen LogP) is 1.82. The van der Waals surface area contributed by atoms with E-state index in [0.717, 1.165) is 25.7 Å². The minimum atomic E-state index is -0.439. The average Bonchev–Trinajstić information content (AvgIpc) is 2.84. The highest BCUT2D eigenvalue weighted by Crippen LogP contribution is 2.18. The Labute approximate surface area is 129 Å². The maximum absolute atomic E-state index is 12.2. The first kappa shape index (κ1) is 16.3. The van der Waals surface area contributed by atoms with Gasteiger partial charge in [0.15, 0.2) is 11.2 Å². The number of fused-ring (bicyclic) bond motifs is 1. The second-order valence-electron chi connectivity index (χ2n) is 5.74. The topological polar surface area (TPSA) is 84.7 Å². The number of nitrogens with one attached hydrogen (secondary N) is 2. The molecule has 0 radical (unpaired) electrons. The summed E-state index contributed by atoms with van der Waals surface area (Å²) in [5, 5.41) is 3.33. The summed E-state index contributed by atoms with van der Waals surface area (Å²) in [5.74, 6) is 0.659. The predicted molar refractivity (Wildman–Crippen MR) is 88.5 cm³/mol. The van der Waals surface area contributed by atoms with Gasteiger partial charge >= 0.3 is 5.69 Å². The second-order valence-corrected chi connectivity index (χ2v) is 5.74. The van der Waals surface area contributed by atoms with Crippen LogP contribution in [0.2, 0.25) is 0 Å². The molecule has 2 heterocycles. The highest BCUT2D eigenvalue weighted by molar-refractivity contribution is 5.74. The normalized spacial score (nSPS) is 12.7. The van der Waals surface area contributed by atoms with E-state index in [-0.39, 0.29) is 11.6 Å². The standard InChI is InChI=1S/C15H25N5O2/c1-5-7-8-9-20-11-12(17-14(20)16-10(3)6-2)19(4)15(22)18-13(11)21/h10H,5-9H2,1-4H3,(H,16,17)(H,18,21,22)/t10-/m1/s1. The van der Waals surface area contributed by atoms with Crippen molar-refractivity contribution < 1.29 is 0 Å². The molecule has 7 heteroatoms. The van der Waals surface area contributed by atoms with E-state index in [9.17, 15) is 9.59 Å². The third-order valence-electron chi connectivity index (χ3n) is 3.98. The second kappa shape index (κ2) is 6.81. The first-order valence-corrected chi connectivity index (χ1v) is 7.95. The van der Waals surface area contributed by atoms with Crippen LogP contribution in [0.5, 0.6) is 0 Å². The summed E-state index contributed by atoms with van der Waals surface area (Å²) < 4.78 is 3.28. The number of H-pyrrole nitrogens is 1. The molecule has 0 unspecified atom stereocenters. The number of rotatable bonds is 7. The molecule has 1 atom stereocenters. The number of aromatic amines is 1. The zero-order valence-corrected chi connectivity index (χ0v) is 13.8. The first-order chi connectivity index (χ1) is 10.5. The number of aromatic nitrogens is 4. The fraction of sp³-hybridized carbons (Fsp3) is 0.667. The smallest absolute Gasteiger partial charge is 0.329 e. The molecule has 0 aliphatic carbocycles. The van der Waals surface area contributed by atoms with Gasteiger partial charge in [0.2, 0.25) is 5.95 Å². The van der Waals surface area contributed by atoms with E-state index in [2.05, 4.69) is 36.1 Å². The Morgan fingerprint density at radius 1 is 1.27 bits per heavy atom. The number of imidazole rings is 1. The molecule has 0 aliphatic rings. The lowest BCUT2D eigenvalue weighted by atomic mass is 10.2. The molecule has 2 aromatic rings. The van der Waals surface area contributed by atoms with Crippen LogP contribution in [0.4, 0.5) is 5.95 Å². The van der Waals surface area contributed by atoms with Crippen LogP contribution in [0.15, 0.2) is 9.59 Å². The molecular weight excluding hydrogens is 282 g/mol. The molecule has 2 aromatic heterocycles. The number of hydrogen-bond acceptors (Lipinski definition) is 4. The molecule has 0 fully saturated rings. The molecule has 0 saturated heterocycles. The van der Waals surface area contributed by atoms with Crippen LogP contribution in [0.3, 0.4) is 0 Å². The Morgan fingerprint density at radius 3 is 2.64 bits per heavy atom. The molecule has 122 valence electrons. The van der Waals surface area contributed by atoms with Crippen LogP contribution >= 0.6 is 0 Å². The molecule has 2 N–H and O–H groups in total. The molecule has 0 spiro atoms. The zero-order valence-electron chi connectivity index (χ0n) is 13.8. The zero-order chi connectivity index (χ0) is 16.3. The van der Waals surface area contributed by atoms with Crippen LogP contribution in [-0.2, 0) is 13.6 Å². The lowest BCUT2D eigenvalue weighted by Gasteiger charge is -2.14. The van der Waals surface area contributed by atoms with E-state index in [1.807, 2.05) is 4.57 Å². The first-order valence-electron chi connectivity index (χ1n) is 7.95. The number of nitrogens with zero attached hydrogens (tertiary/aromatic N) is 3. The van der Waals surface area contributed by atoms with Gasteiger partial charge in [-0.2, -0.15) is 4.98 Å². The van der Waals surface area contributed by atoms with Crippen LogP contribution < -0.4 is 16.6 Å². The van der Waals surface area contributed by atoms with Crippen molar-refractivity contribution in [2.45, 2.75) is 59.0 Å². The largest absolute Gasteiger partial charge is 0.353 e. The van der Waals surface area contributed by atoms with Crippen molar-refractivity contribution in [3.63, 3.8) is 0 Å². The van der Waals surface area contributed by atoms with E-state index in [0.29, 0.717) is 23.7 Å². The summed E-state index contributed by atoms with van der Waals surface area (Å²) >= 11 is 0. The van der Waals surface area contributed by atoms with Gasteiger partial charge < -0.3 is 9.88 Å². The third-order valence-corrected chi connectivity index (χ3v) is 3.98. The SMILES string of the molecule is CCCCCn1c(N[C@H](C)CC)nc2c1c(=O)[nH]c(=O)n2C. The summed E-state index contributed by atoms with van der Waals surface area (Å²) in [7, 11) is 1.62. The van der Waals surface area contributed by atoms with Crippen molar-refractivity contribution in [1.82, 2.24) is 19.1 Å². The molecule has 22 heavy (non-hydrogen) atoms. The van der Waals surface area contributed by atoms with Gasteiger partial charge in [0.1, 0.15) is 0 Å². The Kier molecular flexibility index (Phi) is 5.05. The van der Waals surface area contributed by atoms with E-state index < -0.39 is 5.69 Å². The van der Waals surface area contributed by atoms with Crippen molar-refractivity contribution in [3.8, 4) is 0 Å². The van der Waals surface area contributed by atoms with Gasteiger partial charge in [0.05, 0.1) is 0 Å². The van der Waals surface area contributed by atoms with Crippen molar-refractivity contribution in [3.05, 3.63) is 20.8 Å². The maximum Gasteiger partial charge on any atom is 0.329 e. The summed E-state index contributed by atoms with van der Waals surface area (Å²) in [4.78, 5) is 30.8. The minimum Gasteiger partial charge on any atom is -0.353 e. The third kappa shape index (κ3) is 3.08. The Balaban J connectivity index is 2.58. The van der Waals surface area contributed by atoms with E-state index in [4.69, 9.17) is 0 Å². The lowest BCUT2D eigenvalue weighted by molar-refractivity contribution is 0.609. The fourth-order valence-corrected chi connectivity index (χ4v) is 2.40. The van der Waals surface area contributed by atoms with Crippen LogP contribution in [0, 0.1) is 0 Å². The monoisotopic (exact) mass is 307 g/mol. The van der Waals surface area contributed by atoms with E-state index in [1.165, 1.54) is 4.57 Å². The lowest BCUT2D eigenvalue weighted by Crippen LogP contribution is -2.29. The van der Waals surface area contributed by atoms with Crippen LogP contribution in [0.25, 0.3) is 11.2 Å². The van der Waals surface area contributed by atoms with Gasteiger partial charge in [-0.1, -0.05) is 26.7 Å². The minimum absolute atomic E-state index is 0.248. The Hall–Kier alpha value is -2.05. The Morgan fingerprint density at radius 2 is 2.00 bits per heavy atom. The number of hydrogen-bond donors (Lipinski definition) is 2. The summed E-state index contributed by atoms with van der Waals surface area (Å²) in [5.41, 5.74) is 0.0742. The van der Waals surface area contributed by atoms with E-state index in [1.54, 1.807) is 7.05 Å². The van der Waals surface area contributed by atoms with E-state index >= 15 is 0 Å². The average molecular weight is 307 g/mol. The van der Waals surface area contributed by atoms with Gasteiger partial charge in [-0.05, 0) is 19.8 Å². The molecule has 0 saturated carbocycles. The molecular formula is C15H25N5O2. The van der Waals surface area contributed by atoms with Gasteiger partial charge in [-0.25, -0.2) is 4.79 Å². The van der Waals surface area contributed by atoms with Crippen molar-refractivity contribution in [2.24, 2.45) is 7.05 Å². The maximum atomic E-state index is 12.2. The number of aryl methyl sites for hydroxylation is 2. The van der Waals surface area contributed by atoms with Gasteiger partial charge in [-0.15, -0.1) is 0 Å². The summed E-state index contributed by atoms with van der Waals surface area (Å²) in [6, 6.07) is 0.248. The number of anilines is 1. The van der Waals surface area contributed by atoms with Gasteiger partial charge in [0.25, 0.3) is 5.56 Å². The molecule has 0 aliphatic heterocycles. The van der Waals surface area contributed by atoms with Crippen molar-refractivity contribution in [1.29, 1.82) is 0 Å². The number of unbranched alkanes of at least 4 members (excludes halogenated alkanes) is 2. The summed E-state index contributed by atoms with van der Waals surface area (Å²) in [6.45, 7) is 7.01. The molecule has 7 nitrogen and oxygen atoms in total. The molecule has 0 bridgehead atoms. The molecule has 0 amide bonds. The summed E-state index contributed by atoms with van der Waals surface area (Å²) in [6.07, 6.45) is 4.12. The highest BCUT2D eigenvalue weighted by Gasteiger charge is 2.17. The molecule has 0 aromatic carbocycles. The highest BCUT2D eigenvalue weighted by atomic mass is 16.2. The quantitative estimate of drug-likeness (QED) is 0.764.